The van der Waals surface area contributed by atoms with Gasteiger partial charge in [0, 0.05) is 19.6 Å². The zero-order valence-electron chi connectivity index (χ0n) is 11.7. The summed E-state index contributed by atoms with van der Waals surface area (Å²) in [6, 6.07) is 10.9. The molecule has 0 amide bonds. The second-order valence-corrected chi connectivity index (χ2v) is 6.72. The van der Waals surface area contributed by atoms with Crippen LogP contribution in [0.2, 0.25) is 0 Å². The van der Waals surface area contributed by atoms with E-state index in [4.69, 9.17) is 0 Å². The average Bonchev–Trinajstić information content (AvgIpc) is 2.70. The van der Waals surface area contributed by atoms with Gasteiger partial charge in [-0.1, -0.05) is 50.6 Å². The molecule has 1 saturated carbocycles. The minimum atomic E-state index is 0.683. The molecule has 18 heavy (non-hydrogen) atoms. The van der Waals surface area contributed by atoms with E-state index in [1.807, 2.05) is 0 Å². The molecule has 0 aromatic heterocycles. The molecule has 98 valence electrons. The molecular formula is C17H25N. The zero-order valence-corrected chi connectivity index (χ0v) is 11.7. The van der Waals surface area contributed by atoms with E-state index in [0.717, 1.165) is 18.4 Å². The van der Waals surface area contributed by atoms with Crippen LogP contribution < -0.4 is 0 Å². The predicted molar refractivity (Wildman–Crippen MR) is 76.3 cm³/mol. The van der Waals surface area contributed by atoms with E-state index in [1.54, 1.807) is 0 Å². The molecule has 1 atom stereocenters. The lowest BCUT2D eigenvalue weighted by molar-refractivity contribution is 0.0659. The topological polar surface area (TPSA) is 3.24 Å². The third-order valence-corrected chi connectivity index (χ3v) is 5.18. The molecule has 0 radical (unpaired) electrons. The van der Waals surface area contributed by atoms with Crippen molar-refractivity contribution in [3.05, 3.63) is 35.9 Å². The first-order chi connectivity index (χ1) is 8.70. The van der Waals surface area contributed by atoms with Crippen LogP contribution in [0.3, 0.4) is 0 Å². The van der Waals surface area contributed by atoms with Gasteiger partial charge in [-0.2, -0.15) is 0 Å². The fourth-order valence-electron chi connectivity index (χ4n) is 4.14. The highest BCUT2D eigenvalue weighted by molar-refractivity contribution is 5.15. The molecule has 0 bridgehead atoms. The van der Waals surface area contributed by atoms with Crippen molar-refractivity contribution in [3.63, 3.8) is 0 Å². The summed E-state index contributed by atoms with van der Waals surface area (Å²) in [6.07, 6.45) is 4.41. The van der Waals surface area contributed by atoms with Crippen LogP contribution in [0.5, 0.6) is 0 Å². The molecule has 1 heteroatoms. The first-order valence-corrected chi connectivity index (χ1v) is 7.46. The Morgan fingerprint density at radius 1 is 1.22 bits per heavy atom. The maximum absolute atomic E-state index is 2.69. The van der Waals surface area contributed by atoms with E-state index in [-0.39, 0.29) is 0 Å². The van der Waals surface area contributed by atoms with Gasteiger partial charge in [0.05, 0.1) is 0 Å². The highest BCUT2D eigenvalue weighted by atomic mass is 15.2. The SMILES string of the molecule is CC(C)C1CN(Cc2ccccc2)CC12CCC2. The fourth-order valence-corrected chi connectivity index (χ4v) is 4.14. The first-order valence-electron chi connectivity index (χ1n) is 7.46. The van der Waals surface area contributed by atoms with Crippen LogP contribution in [0, 0.1) is 17.3 Å². The van der Waals surface area contributed by atoms with Crippen molar-refractivity contribution in [3.8, 4) is 0 Å². The molecule has 2 aliphatic rings. The Labute approximate surface area is 111 Å². The average molecular weight is 243 g/mol. The summed E-state index contributed by atoms with van der Waals surface area (Å²) in [6.45, 7) is 8.62. The molecule has 1 aromatic carbocycles. The van der Waals surface area contributed by atoms with Crippen molar-refractivity contribution in [2.24, 2.45) is 17.3 Å². The molecule has 1 heterocycles. The summed E-state index contributed by atoms with van der Waals surface area (Å²) < 4.78 is 0. The highest BCUT2D eigenvalue weighted by Gasteiger charge is 2.50. The number of rotatable bonds is 3. The van der Waals surface area contributed by atoms with E-state index < -0.39 is 0 Å². The van der Waals surface area contributed by atoms with Gasteiger partial charge in [-0.05, 0) is 35.7 Å². The first kappa shape index (κ1) is 12.2. The molecule has 1 unspecified atom stereocenters. The van der Waals surface area contributed by atoms with Crippen molar-refractivity contribution in [2.75, 3.05) is 13.1 Å². The molecule has 1 nitrogen and oxygen atoms in total. The number of hydrogen-bond acceptors (Lipinski definition) is 1. The van der Waals surface area contributed by atoms with Crippen LogP contribution in [0.4, 0.5) is 0 Å². The third-order valence-electron chi connectivity index (χ3n) is 5.18. The number of hydrogen-bond donors (Lipinski definition) is 0. The Morgan fingerprint density at radius 2 is 1.94 bits per heavy atom. The summed E-state index contributed by atoms with van der Waals surface area (Å²) >= 11 is 0. The Balaban J connectivity index is 1.69. The number of nitrogens with zero attached hydrogens (tertiary/aromatic N) is 1. The van der Waals surface area contributed by atoms with Gasteiger partial charge in [0.2, 0.25) is 0 Å². The second-order valence-electron chi connectivity index (χ2n) is 6.72. The maximum atomic E-state index is 2.69. The lowest BCUT2D eigenvalue weighted by Crippen LogP contribution is -2.39. The quantitative estimate of drug-likeness (QED) is 0.777. The molecule has 2 fully saturated rings. The van der Waals surface area contributed by atoms with Gasteiger partial charge in [-0.15, -0.1) is 0 Å². The van der Waals surface area contributed by atoms with Crippen LogP contribution in [-0.4, -0.2) is 18.0 Å². The van der Waals surface area contributed by atoms with E-state index >= 15 is 0 Å². The Bertz CT molecular complexity index is 391. The van der Waals surface area contributed by atoms with Gasteiger partial charge in [0.25, 0.3) is 0 Å². The van der Waals surface area contributed by atoms with Crippen LogP contribution in [0.25, 0.3) is 0 Å². The summed E-state index contributed by atoms with van der Waals surface area (Å²) in [4.78, 5) is 2.69. The van der Waals surface area contributed by atoms with Crippen molar-refractivity contribution < 1.29 is 0 Å². The van der Waals surface area contributed by atoms with Crippen LogP contribution >= 0.6 is 0 Å². The number of likely N-dealkylation sites (tertiary alicyclic amines) is 1. The molecule has 1 saturated heterocycles. The van der Waals surface area contributed by atoms with Gasteiger partial charge in [-0.25, -0.2) is 0 Å². The van der Waals surface area contributed by atoms with E-state index in [2.05, 4.69) is 49.1 Å². The minimum absolute atomic E-state index is 0.683. The van der Waals surface area contributed by atoms with Crippen molar-refractivity contribution in [2.45, 2.75) is 39.7 Å². The van der Waals surface area contributed by atoms with E-state index in [9.17, 15) is 0 Å². The van der Waals surface area contributed by atoms with Gasteiger partial charge in [-0.3, -0.25) is 4.90 Å². The van der Waals surface area contributed by atoms with E-state index in [0.29, 0.717) is 5.41 Å². The van der Waals surface area contributed by atoms with Crippen molar-refractivity contribution in [1.29, 1.82) is 0 Å². The minimum Gasteiger partial charge on any atom is -0.298 e. The fraction of sp³-hybridized carbons (Fsp3) is 0.647. The molecule has 1 aliphatic heterocycles. The van der Waals surface area contributed by atoms with Gasteiger partial charge < -0.3 is 0 Å². The molecule has 1 aliphatic carbocycles. The zero-order chi connectivity index (χ0) is 12.6. The van der Waals surface area contributed by atoms with Gasteiger partial charge in [0.1, 0.15) is 0 Å². The molecular weight excluding hydrogens is 218 g/mol. The smallest absolute Gasteiger partial charge is 0.0234 e. The summed E-state index contributed by atoms with van der Waals surface area (Å²) in [5, 5.41) is 0. The van der Waals surface area contributed by atoms with Crippen LogP contribution in [0.1, 0.15) is 38.7 Å². The predicted octanol–water partition coefficient (Wildman–Crippen LogP) is 3.94. The van der Waals surface area contributed by atoms with Crippen LogP contribution in [0.15, 0.2) is 30.3 Å². The monoisotopic (exact) mass is 243 g/mol. The lowest BCUT2D eigenvalue weighted by Gasteiger charge is -2.44. The second kappa shape index (κ2) is 4.70. The van der Waals surface area contributed by atoms with E-state index in [1.165, 1.54) is 37.9 Å². The van der Waals surface area contributed by atoms with Gasteiger partial charge in [0.15, 0.2) is 0 Å². The van der Waals surface area contributed by atoms with Crippen molar-refractivity contribution >= 4 is 0 Å². The molecule has 1 spiro atoms. The number of benzene rings is 1. The van der Waals surface area contributed by atoms with Crippen LogP contribution in [-0.2, 0) is 6.54 Å². The lowest BCUT2D eigenvalue weighted by atomic mass is 9.60. The van der Waals surface area contributed by atoms with Gasteiger partial charge >= 0.3 is 0 Å². The molecule has 3 rings (SSSR count). The summed E-state index contributed by atoms with van der Waals surface area (Å²) in [5.41, 5.74) is 2.15. The highest BCUT2D eigenvalue weighted by Crippen LogP contribution is 2.54. The third kappa shape index (κ3) is 2.09. The summed E-state index contributed by atoms with van der Waals surface area (Å²) in [5.74, 6) is 1.76. The maximum Gasteiger partial charge on any atom is 0.0234 e. The normalized spacial score (nSPS) is 26.7. The largest absolute Gasteiger partial charge is 0.298 e. The molecule has 0 N–H and O–H groups in total. The summed E-state index contributed by atoms with van der Waals surface area (Å²) in [7, 11) is 0. The standard InChI is InChI=1S/C17H25N/c1-14(2)16-12-18(13-17(16)9-6-10-17)11-15-7-4-3-5-8-15/h3-5,7-8,14,16H,6,9-13H2,1-2H3. The Morgan fingerprint density at radius 3 is 2.44 bits per heavy atom. The molecule has 1 aromatic rings. The Hall–Kier alpha value is -0.820. The Kier molecular flexibility index (Phi) is 3.19. The van der Waals surface area contributed by atoms with Crippen molar-refractivity contribution in [1.82, 2.24) is 4.90 Å².